The van der Waals surface area contributed by atoms with Crippen molar-refractivity contribution in [1.29, 1.82) is 0 Å². The molecule has 0 spiro atoms. The summed E-state index contributed by atoms with van der Waals surface area (Å²) in [5.41, 5.74) is 3.31. The number of phenols is 1. The molecule has 0 amide bonds. The van der Waals surface area contributed by atoms with Crippen molar-refractivity contribution in [3.63, 3.8) is 0 Å². The van der Waals surface area contributed by atoms with E-state index in [1.165, 1.54) is 0 Å². The highest BCUT2D eigenvalue weighted by atomic mass is 79.9. The Labute approximate surface area is 202 Å². The van der Waals surface area contributed by atoms with Crippen LogP contribution in [0.15, 0.2) is 106 Å². The Hall–Kier alpha value is -3.53. The summed E-state index contributed by atoms with van der Waals surface area (Å²) in [7, 11) is -3.95. The second-order valence-electron chi connectivity index (χ2n) is 7.36. The SMILES string of the molecule is Cc1cccc(N(C#Cc2ccccc2-c2ccccc2O)S(=O)(=O)c2ccc(Br)cc2)c1. The minimum Gasteiger partial charge on any atom is -0.507 e. The Morgan fingerprint density at radius 1 is 0.818 bits per heavy atom. The van der Waals surface area contributed by atoms with Crippen LogP contribution in [0.25, 0.3) is 11.1 Å². The van der Waals surface area contributed by atoms with Gasteiger partial charge in [0.2, 0.25) is 0 Å². The summed E-state index contributed by atoms with van der Waals surface area (Å²) < 4.78 is 29.0. The van der Waals surface area contributed by atoms with Gasteiger partial charge in [-0.25, -0.2) is 8.42 Å². The standard InChI is InChI=1S/C27H20BrNO3S/c1-20-7-6-9-23(19-20)29(33(31,32)24-15-13-22(28)14-16-24)18-17-21-8-2-3-10-25(21)26-11-4-5-12-27(26)30/h2-16,19,30H,1H3. The number of hydrogen-bond donors (Lipinski definition) is 1. The number of aromatic hydroxyl groups is 1. The van der Waals surface area contributed by atoms with Crippen molar-refractivity contribution in [2.24, 2.45) is 0 Å². The summed E-state index contributed by atoms with van der Waals surface area (Å²) in [5, 5.41) is 10.3. The molecule has 6 heteroatoms. The van der Waals surface area contributed by atoms with Gasteiger partial charge in [-0.2, -0.15) is 4.31 Å². The highest BCUT2D eigenvalue weighted by Crippen LogP contribution is 2.31. The van der Waals surface area contributed by atoms with E-state index in [4.69, 9.17) is 0 Å². The lowest BCUT2D eigenvalue weighted by Crippen LogP contribution is -2.26. The molecule has 0 saturated heterocycles. The Morgan fingerprint density at radius 2 is 1.48 bits per heavy atom. The number of nitrogens with zero attached hydrogens (tertiary/aromatic N) is 1. The Kier molecular flexibility index (Phi) is 6.55. The summed E-state index contributed by atoms with van der Waals surface area (Å²) in [5.74, 6) is 3.15. The van der Waals surface area contributed by atoms with Crippen LogP contribution in [-0.4, -0.2) is 13.5 Å². The van der Waals surface area contributed by atoms with Crippen LogP contribution < -0.4 is 4.31 Å². The zero-order chi connectivity index (χ0) is 23.4. The Bertz CT molecular complexity index is 1470. The number of para-hydroxylation sites is 1. The van der Waals surface area contributed by atoms with Crippen molar-refractivity contribution in [3.8, 4) is 28.8 Å². The van der Waals surface area contributed by atoms with Crippen LogP contribution in [0, 0.1) is 18.9 Å². The first-order valence-corrected chi connectivity index (χ1v) is 12.4. The third kappa shape index (κ3) is 4.95. The van der Waals surface area contributed by atoms with Crippen molar-refractivity contribution in [3.05, 3.63) is 113 Å². The fourth-order valence-electron chi connectivity index (χ4n) is 3.37. The van der Waals surface area contributed by atoms with E-state index in [1.807, 2.05) is 37.3 Å². The van der Waals surface area contributed by atoms with Crippen LogP contribution in [0.4, 0.5) is 5.69 Å². The summed E-state index contributed by atoms with van der Waals surface area (Å²) in [6, 6.07) is 30.8. The van der Waals surface area contributed by atoms with Gasteiger partial charge >= 0.3 is 0 Å². The largest absolute Gasteiger partial charge is 0.507 e. The Balaban J connectivity index is 1.86. The molecule has 33 heavy (non-hydrogen) atoms. The first-order valence-electron chi connectivity index (χ1n) is 10.1. The molecule has 0 radical (unpaired) electrons. The molecule has 0 bridgehead atoms. The fraction of sp³-hybridized carbons (Fsp3) is 0.0370. The van der Waals surface area contributed by atoms with Crippen LogP contribution >= 0.6 is 15.9 Å². The predicted octanol–water partition coefficient (Wildman–Crippen LogP) is 6.33. The lowest BCUT2D eigenvalue weighted by Gasteiger charge is -2.18. The Morgan fingerprint density at radius 3 is 2.18 bits per heavy atom. The maximum atomic E-state index is 13.6. The first-order chi connectivity index (χ1) is 15.9. The van der Waals surface area contributed by atoms with E-state index in [1.54, 1.807) is 66.7 Å². The second-order valence-corrected chi connectivity index (χ2v) is 10.1. The normalized spacial score (nSPS) is 10.8. The molecule has 0 atom stereocenters. The van der Waals surface area contributed by atoms with Gasteiger partial charge in [0.1, 0.15) is 5.75 Å². The number of anilines is 1. The van der Waals surface area contributed by atoms with Crippen LogP contribution in [-0.2, 0) is 10.0 Å². The number of hydrogen-bond acceptors (Lipinski definition) is 3. The van der Waals surface area contributed by atoms with Crippen molar-refractivity contribution >= 4 is 31.6 Å². The summed E-state index contributed by atoms with van der Waals surface area (Å²) in [4.78, 5) is 0.135. The number of aryl methyl sites for hydroxylation is 1. The number of sulfonamides is 1. The van der Waals surface area contributed by atoms with Crippen LogP contribution in [0.1, 0.15) is 11.1 Å². The van der Waals surface area contributed by atoms with Gasteiger partial charge in [-0.3, -0.25) is 0 Å². The number of halogens is 1. The third-order valence-corrected chi connectivity index (χ3v) is 7.18. The van der Waals surface area contributed by atoms with Crippen LogP contribution in [0.5, 0.6) is 5.75 Å². The second kappa shape index (κ2) is 9.53. The predicted molar refractivity (Wildman–Crippen MR) is 135 cm³/mol. The molecule has 4 rings (SSSR count). The summed E-state index contributed by atoms with van der Waals surface area (Å²) in [6.45, 7) is 1.90. The summed E-state index contributed by atoms with van der Waals surface area (Å²) in [6.07, 6.45) is 0. The average molecular weight is 518 g/mol. The molecule has 0 aliphatic rings. The number of benzene rings is 4. The number of phenolic OH excluding ortho intramolecular Hbond substituents is 1. The molecule has 4 aromatic carbocycles. The molecule has 0 aliphatic carbocycles. The van der Waals surface area contributed by atoms with Gasteiger partial charge in [-0.15, -0.1) is 0 Å². The molecule has 0 aliphatic heterocycles. The third-order valence-electron chi connectivity index (χ3n) is 5.00. The van der Waals surface area contributed by atoms with E-state index in [9.17, 15) is 13.5 Å². The molecule has 4 aromatic rings. The molecule has 0 saturated carbocycles. The van der Waals surface area contributed by atoms with Crippen molar-refractivity contribution in [1.82, 2.24) is 0 Å². The molecule has 4 nitrogen and oxygen atoms in total. The molecule has 0 aromatic heterocycles. The molecule has 164 valence electrons. The van der Waals surface area contributed by atoms with Crippen molar-refractivity contribution in [2.75, 3.05) is 4.31 Å². The lowest BCUT2D eigenvalue weighted by molar-refractivity contribution is 0.477. The number of rotatable bonds is 4. The molecular weight excluding hydrogens is 498 g/mol. The minimum absolute atomic E-state index is 0.129. The van der Waals surface area contributed by atoms with E-state index in [0.29, 0.717) is 22.4 Å². The highest BCUT2D eigenvalue weighted by Gasteiger charge is 2.24. The van der Waals surface area contributed by atoms with Crippen molar-refractivity contribution in [2.45, 2.75) is 11.8 Å². The van der Waals surface area contributed by atoms with Crippen LogP contribution in [0.3, 0.4) is 0 Å². The van der Waals surface area contributed by atoms with Gasteiger partial charge < -0.3 is 5.11 Å². The monoisotopic (exact) mass is 517 g/mol. The highest BCUT2D eigenvalue weighted by molar-refractivity contribution is 9.10. The van der Waals surface area contributed by atoms with Gasteiger partial charge in [0.15, 0.2) is 0 Å². The van der Waals surface area contributed by atoms with E-state index in [-0.39, 0.29) is 10.6 Å². The van der Waals surface area contributed by atoms with Gasteiger partial charge in [-0.05, 0) is 66.9 Å². The topological polar surface area (TPSA) is 57.6 Å². The molecular formula is C27H20BrNO3S. The first kappa shape index (κ1) is 22.7. The average Bonchev–Trinajstić information content (AvgIpc) is 2.80. The van der Waals surface area contributed by atoms with Crippen molar-refractivity contribution < 1.29 is 13.5 Å². The van der Waals surface area contributed by atoms with Gasteiger partial charge in [0.25, 0.3) is 10.0 Å². The quantitative estimate of drug-likeness (QED) is 0.254. The maximum absolute atomic E-state index is 13.6. The maximum Gasteiger partial charge on any atom is 0.275 e. The minimum atomic E-state index is -3.95. The molecule has 0 heterocycles. The lowest BCUT2D eigenvalue weighted by atomic mass is 9.99. The molecule has 1 N–H and O–H groups in total. The molecule has 0 unspecified atom stereocenters. The summed E-state index contributed by atoms with van der Waals surface area (Å²) >= 11 is 3.34. The van der Waals surface area contributed by atoms with Gasteiger partial charge in [-0.1, -0.05) is 64.5 Å². The van der Waals surface area contributed by atoms with Crippen LogP contribution in [0.2, 0.25) is 0 Å². The van der Waals surface area contributed by atoms with E-state index in [2.05, 4.69) is 27.9 Å². The zero-order valence-electron chi connectivity index (χ0n) is 17.7. The smallest absolute Gasteiger partial charge is 0.275 e. The zero-order valence-corrected chi connectivity index (χ0v) is 20.1. The van der Waals surface area contributed by atoms with E-state index < -0.39 is 10.0 Å². The molecule has 0 fully saturated rings. The fourth-order valence-corrected chi connectivity index (χ4v) is 4.88. The van der Waals surface area contributed by atoms with Gasteiger partial charge in [0.05, 0.1) is 10.6 Å². The van der Waals surface area contributed by atoms with E-state index in [0.717, 1.165) is 14.3 Å². The van der Waals surface area contributed by atoms with E-state index >= 15 is 0 Å². The van der Waals surface area contributed by atoms with Gasteiger partial charge in [0, 0.05) is 27.2 Å².